The average molecular weight is 463 g/mol. The highest BCUT2D eigenvalue weighted by atomic mass is 32.2. The molecule has 2 aromatic carbocycles. The van der Waals surface area contributed by atoms with Crippen LogP contribution in [-0.4, -0.2) is 42.1 Å². The summed E-state index contributed by atoms with van der Waals surface area (Å²) in [5.74, 6) is 0.796. The zero-order valence-electron chi connectivity index (χ0n) is 17.4. The van der Waals surface area contributed by atoms with Crippen LogP contribution in [0.4, 0.5) is 5.69 Å². The molecule has 2 atom stereocenters. The molecule has 2 N–H and O–H groups in total. The third-order valence-corrected chi connectivity index (χ3v) is 7.27. The second kappa shape index (κ2) is 8.37. The summed E-state index contributed by atoms with van der Waals surface area (Å²) in [7, 11) is -0.834. The van der Waals surface area contributed by atoms with Crippen molar-refractivity contribution in [3.05, 3.63) is 66.0 Å². The second-order valence-electron chi connectivity index (χ2n) is 7.86. The number of carbonyl (C=O) groups is 1. The molecule has 0 spiro atoms. The highest BCUT2D eigenvalue weighted by Crippen LogP contribution is 2.26. The number of amides is 1. The van der Waals surface area contributed by atoms with E-state index in [0.717, 1.165) is 22.5 Å². The number of carbonyl (C=O) groups excluding carboxylic acids is 1. The average Bonchev–Trinajstić information content (AvgIpc) is 3.50. The molecule has 3 aromatic rings. The number of imidazole rings is 1. The fourth-order valence-electron chi connectivity index (χ4n) is 4.14. The van der Waals surface area contributed by atoms with Gasteiger partial charge in [-0.1, -0.05) is 24.3 Å². The van der Waals surface area contributed by atoms with E-state index in [1.165, 1.54) is 24.3 Å². The molecule has 10 heteroatoms. The summed E-state index contributed by atoms with van der Waals surface area (Å²) in [4.78, 5) is 13.2. The first kappa shape index (κ1) is 21.2. The Bertz CT molecular complexity index is 1380. The van der Waals surface area contributed by atoms with Crippen molar-refractivity contribution in [1.29, 1.82) is 5.26 Å². The first-order valence-corrected chi connectivity index (χ1v) is 11.8. The van der Waals surface area contributed by atoms with Gasteiger partial charge in [-0.3, -0.25) is 9.00 Å². The maximum atomic E-state index is 13.2. The van der Waals surface area contributed by atoms with Gasteiger partial charge in [0.15, 0.2) is 23.0 Å². The smallest absolute Gasteiger partial charge is 0.285 e. The van der Waals surface area contributed by atoms with Gasteiger partial charge in [-0.15, -0.1) is 0 Å². The van der Waals surface area contributed by atoms with Gasteiger partial charge in [-0.2, -0.15) is 15.4 Å². The molecule has 1 saturated heterocycles. The van der Waals surface area contributed by atoms with Crippen LogP contribution in [0.1, 0.15) is 24.3 Å². The summed E-state index contributed by atoms with van der Waals surface area (Å²) in [6.07, 6.45) is 2.67. The Morgan fingerprint density at radius 2 is 1.97 bits per heavy atom. The lowest BCUT2D eigenvalue weighted by molar-refractivity contribution is -0.693. The van der Waals surface area contributed by atoms with Crippen LogP contribution in [0.25, 0.3) is 17.2 Å². The van der Waals surface area contributed by atoms with E-state index < -0.39 is 23.0 Å². The van der Waals surface area contributed by atoms with Gasteiger partial charge in [0.2, 0.25) is 6.33 Å². The first-order valence-electron chi connectivity index (χ1n) is 10.3. The monoisotopic (exact) mass is 462 g/mol. The quantitative estimate of drug-likeness (QED) is 0.344. The van der Waals surface area contributed by atoms with E-state index in [0.29, 0.717) is 17.2 Å². The molecule has 3 heterocycles. The maximum Gasteiger partial charge on any atom is 0.285 e. The molecule has 1 aromatic heterocycles. The Hall–Kier alpha value is -3.65. The van der Waals surface area contributed by atoms with Gasteiger partial charge in [-0.05, 0) is 24.3 Å². The zero-order chi connectivity index (χ0) is 23.1. The molecule has 0 aliphatic carbocycles. The van der Waals surface area contributed by atoms with E-state index >= 15 is 0 Å². The topological polar surface area (TPSA) is 123 Å². The largest absolute Gasteiger partial charge is 0.364 e. The molecular weight excluding hydrogens is 442 g/mol. The minimum Gasteiger partial charge on any atom is -0.364 e. The van der Waals surface area contributed by atoms with E-state index in [-0.39, 0.29) is 22.9 Å². The summed E-state index contributed by atoms with van der Waals surface area (Å²) in [5, 5.41) is 33.5. The van der Waals surface area contributed by atoms with Crippen molar-refractivity contribution in [2.45, 2.75) is 18.8 Å². The van der Waals surface area contributed by atoms with E-state index in [4.69, 9.17) is 0 Å². The number of nitriles is 1. The lowest BCUT2D eigenvalue weighted by Crippen LogP contribution is -2.38. The van der Waals surface area contributed by atoms with E-state index in [1.807, 2.05) is 36.7 Å². The van der Waals surface area contributed by atoms with Crippen LogP contribution < -0.4 is 9.58 Å². The van der Waals surface area contributed by atoms with Gasteiger partial charge in [0.1, 0.15) is 23.9 Å². The summed E-state index contributed by atoms with van der Waals surface area (Å²) in [6.45, 7) is 0. The molecule has 1 amide bonds. The Morgan fingerprint density at radius 3 is 2.64 bits per heavy atom. The Labute approximate surface area is 191 Å². The van der Waals surface area contributed by atoms with Gasteiger partial charge < -0.3 is 10.2 Å². The minimum absolute atomic E-state index is 0.0161. The predicted octanol–water partition coefficient (Wildman–Crippen LogP) is 1.37. The van der Waals surface area contributed by atoms with Crippen molar-refractivity contribution in [3.63, 3.8) is 0 Å². The van der Waals surface area contributed by atoms with E-state index in [1.54, 1.807) is 10.8 Å². The number of hydrazone groups is 1. The molecule has 0 bridgehead atoms. The van der Waals surface area contributed by atoms with Crippen LogP contribution in [-0.2, 0) is 15.6 Å². The van der Waals surface area contributed by atoms with Crippen LogP contribution in [0.3, 0.4) is 0 Å². The predicted molar refractivity (Wildman–Crippen MR) is 122 cm³/mol. The van der Waals surface area contributed by atoms with Gasteiger partial charge in [-0.25, -0.2) is 9.13 Å². The molecule has 0 radical (unpaired) electrons. The number of benzene rings is 2. The van der Waals surface area contributed by atoms with Crippen molar-refractivity contribution in [1.82, 2.24) is 4.57 Å². The number of nitrogens with zero attached hydrogens (tertiary/aromatic N) is 5. The molecule has 33 heavy (non-hydrogen) atoms. The minimum atomic E-state index is -1.62. The molecule has 2 unspecified atom stereocenters. The van der Waals surface area contributed by atoms with Gasteiger partial charge in [0.25, 0.3) is 5.91 Å². The zero-order valence-corrected chi connectivity index (χ0v) is 18.2. The van der Waals surface area contributed by atoms with Crippen LogP contribution in [0.5, 0.6) is 0 Å². The standard InChI is InChI=1S/C23H20N5O4S/c24-11-19-18(22(29)28(25-19)16-7-5-15(6-8-16)23(30)31)12-26-14-27(17-9-10-33(32)13-17)21-4-2-1-3-20(21)26/h1-8,12,14,17,23,30-31H,9-10,13H2/q+1/b18-12-. The van der Waals surface area contributed by atoms with Gasteiger partial charge >= 0.3 is 0 Å². The van der Waals surface area contributed by atoms with Crippen LogP contribution >= 0.6 is 0 Å². The number of fused-ring (bicyclic) bond motifs is 1. The van der Waals surface area contributed by atoms with Crippen LogP contribution in [0.15, 0.2) is 65.5 Å². The summed E-state index contributed by atoms with van der Waals surface area (Å²) >= 11 is 0. The summed E-state index contributed by atoms with van der Waals surface area (Å²) in [6, 6.07) is 15.8. The van der Waals surface area contributed by atoms with Gasteiger partial charge in [0, 0.05) is 28.5 Å². The van der Waals surface area contributed by atoms with Gasteiger partial charge in [0.05, 0.1) is 11.4 Å². The Balaban J connectivity index is 1.54. The van der Waals surface area contributed by atoms with Crippen molar-refractivity contribution in [2.24, 2.45) is 5.10 Å². The highest BCUT2D eigenvalue weighted by Gasteiger charge is 2.34. The summed E-state index contributed by atoms with van der Waals surface area (Å²) in [5.41, 5.74) is 2.62. The molecule has 166 valence electrons. The molecule has 0 saturated carbocycles. The SMILES string of the molecule is N#CC1=NN(c2ccc(C(O)O)cc2)C(=O)/C1=C\n1c[n+](C2CCS(=O)C2)c2ccccc21. The van der Waals surface area contributed by atoms with E-state index in [9.17, 15) is 24.5 Å². The normalized spacial score (nSPS) is 21.9. The maximum absolute atomic E-state index is 13.2. The number of hydrogen-bond acceptors (Lipinski definition) is 6. The van der Waals surface area contributed by atoms with E-state index in [2.05, 4.69) is 9.67 Å². The van der Waals surface area contributed by atoms with Crippen molar-refractivity contribution in [3.8, 4) is 6.07 Å². The number of aliphatic hydroxyl groups is 2. The highest BCUT2D eigenvalue weighted by molar-refractivity contribution is 7.85. The second-order valence-corrected chi connectivity index (χ2v) is 9.48. The molecule has 2 aliphatic rings. The van der Waals surface area contributed by atoms with Crippen LogP contribution in [0.2, 0.25) is 0 Å². The lowest BCUT2D eigenvalue weighted by Gasteiger charge is -2.12. The van der Waals surface area contributed by atoms with Crippen molar-refractivity contribution in [2.75, 3.05) is 16.5 Å². The third-order valence-electron chi connectivity index (χ3n) is 5.83. The molecule has 1 fully saturated rings. The Kier molecular flexibility index (Phi) is 5.38. The number of anilines is 1. The molecule has 5 rings (SSSR count). The number of para-hydroxylation sites is 2. The number of hydrogen-bond donors (Lipinski definition) is 2. The van der Waals surface area contributed by atoms with Crippen molar-refractivity contribution >= 4 is 45.3 Å². The fraction of sp³-hybridized carbons (Fsp3) is 0.217. The Morgan fingerprint density at radius 1 is 1.21 bits per heavy atom. The molecule has 9 nitrogen and oxygen atoms in total. The van der Waals surface area contributed by atoms with Crippen LogP contribution in [0, 0.1) is 11.3 Å². The molecular formula is C23H20N5O4S+. The fourth-order valence-corrected chi connectivity index (χ4v) is 5.59. The number of aliphatic hydroxyl groups excluding tert-OH is 1. The number of rotatable bonds is 4. The third kappa shape index (κ3) is 3.76. The summed E-state index contributed by atoms with van der Waals surface area (Å²) < 4.78 is 15.8. The number of aromatic nitrogens is 2. The molecule has 2 aliphatic heterocycles. The lowest BCUT2D eigenvalue weighted by atomic mass is 10.1. The van der Waals surface area contributed by atoms with Crippen molar-refractivity contribution < 1.29 is 23.8 Å². The first-order chi connectivity index (χ1) is 16.0.